The fraction of sp³-hybridized carbons (Fsp3) is 0.684. The molecular formula is C19H30N4O4. The van der Waals surface area contributed by atoms with Crippen molar-refractivity contribution >= 4 is 11.4 Å². The van der Waals surface area contributed by atoms with Crippen molar-refractivity contribution in [2.24, 2.45) is 0 Å². The third-order valence-electron chi connectivity index (χ3n) is 5.56. The summed E-state index contributed by atoms with van der Waals surface area (Å²) in [6.07, 6.45) is 2.22. The minimum absolute atomic E-state index is 0.0542. The van der Waals surface area contributed by atoms with Crippen LogP contribution in [-0.2, 0) is 4.74 Å². The van der Waals surface area contributed by atoms with Crippen molar-refractivity contribution in [3.8, 4) is 5.75 Å². The number of piperazine rings is 1. The smallest absolute Gasteiger partial charge is 0.273 e. The summed E-state index contributed by atoms with van der Waals surface area (Å²) in [7, 11) is 3.79. The number of benzene rings is 1. The minimum Gasteiger partial charge on any atom is -0.489 e. The highest BCUT2D eigenvalue weighted by Crippen LogP contribution is 2.34. The van der Waals surface area contributed by atoms with E-state index in [1.165, 1.54) is 6.07 Å². The molecule has 27 heavy (non-hydrogen) atoms. The lowest BCUT2D eigenvalue weighted by atomic mass is 10.0. The second kappa shape index (κ2) is 9.34. The minimum atomic E-state index is -0.382. The average molecular weight is 378 g/mol. The molecule has 1 aromatic carbocycles. The number of non-ortho nitro benzene ring substituents is 1. The Morgan fingerprint density at radius 3 is 2.44 bits per heavy atom. The Balaban J connectivity index is 1.64. The molecular weight excluding hydrogens is 348 g/mol. The van der Waals surface area contributed by atoms with Gasteiger partial charge < -0.3 is 19.3 Å². The maximum atomic E-state index is 11.1. The number of hydrogen-bond acceptors (Lipinski definition) is 7. The highest BCUT2D eigenvalue weighted by Gasteiger charge is 2.28. The van der Waals surface area contributed by atoms with E-state index in [1.807, 2.05) is 6.07 Å². The topological polar surface area (TPSA) is 71.3 Å². The molecule has 8 heteroatoms. The first-order chi connectivity index (χ1) is 13.1. The van der Waals surface area contributed by atoms with Gasteiger partial charge in [-0.15, -0.1) is 0 Å². The van der Waals surface area contributed by atoms with Crippen LogP contribution in [0.4, 0.5) is 11.4 Å². The first-order valence-electron chi connectivity index (χ1n) is 9.66. The van der Waals surface area contributed by atoms with E-state index >= 15 is 0 Å². The zero-order valence-electron chi connectivity index (χ0n) is 16.3. The SMILES string of the molecule is COCCOc1cc([N+](=O)[O-])ccc1N1CCC(N2CCN(C)CC2)CC1. The molecule has 0 spiro atoms. The second-order valence-electron chi connectivity index (χ2n) is 7.31. The number of nitro benzene ring substituents is 1. The lowest BCUT2D eigenvalue weighted by molar-refractivity contribution is -0.384. The molecule has 0 aliphatic carbocycles. The molecule has 2 saturated heterocycles. The number of nitrogens with zero attached hydrogens (tertiary/aromatic N) is 4. The highest BCUT2D eigenvalue weighted by molar-refractivity contribution is 5.62. The van der Waals surface area contributed by atoms with Crippen molar-refractivity contribution in [3.63, 3.8) is 0 Å². The predicted molar refractivity (Wildman–Crippen MR) is 105 cm³/mol. The van der Waals surface area contributed by atoms with E-state index in [2.05, 4.69) is 21.7 Å². The lowest BCUT2D eigenvalue weighted by Gasteiger charge is -2.42. The summed E-state index contributed by atoms with van der Waals surface area (Å²) < 4.78 is 10.8. The number of likely N-dealkylation sites (N-methyl/N-ethyl adjacent to an activating group) is 1. The van der Waals surface area contributed by atoms with Gasteiger partial charge in [-0.3, -0.25) is 15.0 Å². The van der Waals surface area contributed by atoms with Crippen molar-refractivity contribution in [2.75, 3.05) is 71.5 Å². The predicted octanol–water partition coefficient (Wildman–Crippen LogP) is 1.84. The van der Waals surface area contributed by atoms with Gasteiger partial charge >= 0.3 is 0 Å². The molecule has 2 fully saturated rings. The molecule has 2 aliphatic heterocycles. The van der Waals surface area contributed by atoms with Gasteiger partial charge in [0.2, 0.25) is 0 Å². The van der Waals surface area contributed by atoms with Gasteiger partial charge in [-0.05, 0) is 26.0 Å². The summed E-state index contributed by atoms with van der Waals surface area (Å²) in [4.78, 5) is 18.0. The van der Waals surface area contributed by atoms with E-state index in [9.17, 15) is 10.1 Å². The quantitative estimate of drug-likeness (QED) is 0.407. The number of anilines is 1. The van der Waals surface area contributed by atoms with Gasteiger partial charge in [-0.2, -0.15) is 0 Å². The molecule has 2 aliphatic rings. The molecule has 0 saturated carbocycles. The van der Waals surface area contributed by atoms with Crippen molar-refractivity contribution in [3.05, 3.63) is 28.3 Å². The normalized spacial score (nSPS) is 20.0. The molecule has 0 amide bonds. The fourth-order valence-electron chi connectivity index (χ4n) is 3.89. The standard InChI is InChI=1S/C19H30N4O4/c1-20-9-11-21(12-10-20)16-5-7-22(8-6-16)18-4-3-17(23(24)25)15-19(18)27-14-13-26-2/h3-4,15-16H,5-14H2,1-2H3. The Kier molecular flexibility index (Phi) is 6.87. The Bertz CT molecular complexity index is 626. The van der Waals surface area contributed by atoms with Crippen LogP contribution in [0.3, 0.4) is 0 Å². The molecule has 0 atom stereocenters. The summed E-state index contributed by atoms with van der Waals surface area (Å²) in [6.45, 7) is 7.27. The third kappa shape index (κ3) is 5.09. The van der Waals surface area contributed by atoms with Crippen molar-refractivity contribution in [1.29, 1.82) is 0 Å². The molecule has 0 radical (unpaired) electrons. The van der Waals surface area contributed by atoms with Crippen LogP contribution in [0.5, 0.6) is 5.75 Å². The van der Waals surface area contributed by atoms with Gasteiger partial charge in [-0.1, -0.05) is 0 Å². The first-order valence-corrected chi connectivity index (χ1v) is 9.66. The van der Waals surface area contributed by atoms with Gasteiger partial charge in [-0.25, -0.2) is 0 Å². The van der Waals surface area contributed by atoms with E-state index in [4.69, 9.17) is 9.47 Å². The molecule has 1 aromatic rings. The fourth-order valence-corrected chi connectivity index (χ4v) is 3.89. The maximum absolute atomic E-state index is 11.1. The maximum Gasteiger partial charge on any atom is 0.273 e. The molecule has 2 heterocycles. The average Bonchev–Trinajstić information content (AvgIpc) is 2.69. The number of hydrogen-bond donors (Lipinski definition) is 0. The van der Waals surface area contributed by atoms with Gasteiger partial charge in [0, 0.05) is 58.5 Å². The summed E-state index contributed by atoms with van der Waals surface area (Å²) in [6, 6.07) is 5.53. The van der Waals surface area contributed by atoms with Crippen LogP contribution in [0, 0.1) is 10.1 Å². The van der Waals surface area contributed by atoms with Crippen molar-refractivity contribution in [2.45, 2.75) is 18.9 Å². The van der Waals surface area contributed by atoms with E-state index in [-0.39, 0.29) is 10.6 Å². The van der Waals surface area contributed by atoms with Gasteiger partial charge in [0.05, 0.1) is 23.3 Å². The number of ether oxygens (including phenoxy) is 2. The summed E-state index contributed by atoms with van der Waals surface area (Å²) >= 11 is 0. The third-order valence-corrected chi connectivity index (χ3v) is 5.56. The zero-order valence-corrected chi connectivity index (χ0v) is 16.3. The van der Waals surface area contributed by atoms with Crippen LogP contribution in [0.25, 0.3) is 0 Å². The monoisotopic (exact) mass is 378 g/mol. The van der Waals surface area contributed by atoms with E-state index in [0.717, 1.165) is 57.8 Å². The molecule has 0 N–H and O–H groups in total. The Morgan fingerprint density at radius 2 is 1.81 bits per heavy atom. The van der Waals surface area contributed by atoms with Gasteiger partial charge in [0.15, 0.2) is 0 Å². The second-order valence-corrected chi connectivity index (χ2v) is 7.31. The molecule has 0 bridgehead atoms. The molecule has 3 rings (SSSR count). The Morgan fingerprint density at radius 1 is 1.11 bits per heavy atom. The summed E-state index contributed by atoms with van der Waals surface area (Å²) in [5, 5.41) is 11.1. The number of rotatable bonds is 7. The van der Waals surface area contributed by atoms with E-state index in [0.29, 0.717) is 25.0 Å². The highest BCUT2D eigenvalue weighted by atomic mass is 16.6. The van der Waals surface area contributed by atoms with E-state index < -0.39 is 0 Å². The van der Waals surface area contributed by atoms with Crippen LogP contribution >= 0.6 is 0 Å². The lowest BCUT2D eigenvalue weighted by Crippen LogP contribution is -2.52. The Hall–Kier alpha value is -1.90. The summed E-state index contributed by atoms with van der Waals surface area (Å²) in [5.41, 5.74) is 0.993. The van der Waals surface area contributed by atoms with Gasteiger partial charge in [0.1, 0.15) is 12.4 Å². The van der Waals surface area contributed by atoms with E-state index in [1.54, 1.807) is 13.2 Å². The van der Waals surface area contributed by atoms with Crippen LogP contribution in [-0.4, -0.2) is 87.4 Å². The summed E-state index contributed by atoms with van der Waals surface area (Å²) in [5.74, 6) is 0.569. The van der Waals surface area contributed by atoms with Crippen molar-refractivity contribution < 1.29 is 14.4 Å². The number of piperidine rings is 1. The number of nitro groups is 1. The number of methoxy groups -OCH3 is 1. The van der Waals surface area contributed by atoms with Crippen molar-refractivity contribution in [1.82, 2.24) is 9.80 Å². The molecule has 0 unspecified atom stereocenters. The molecule has 0 aromatic heterocycles. The van der Waals surface area contributed by atoms with Gasteiger partial charge in [0.25, 0.3) is 5.69 Å². The van der Waals surface area contributed by atoms with Crippen LogP contribution in [0.1, 0.15) is 12.8 Å². The largest absolute Gasteiger partial charge is 0.489 e. The molecule has 150 valence electrons. The first kappa shape index (κ1) is 19.9. The van der Waals surface area contributed by atoms with Crippen LogP contribution < -0.4 is 9.64 Å². The van der Waals surface area contributed by atoms with Crippen LogP contribution in [0.2, 0.25) is 0 Å². The Labute approximate surface area is 160 Å². The van der Waals surface area contributed by atoms with Crippen LogP contribution in [0.15, 0.2) is 18.2 Å². The molecule has 8 nitrogen and oxygen atoms in total. The zero-order chi connectivity index (χ0) is 19.2.